The Morgan fingerprint density at radius 2 is 1.91 bits per heavy atom. The fourth-order valence-corrected chi connectivity index (χ4v) is 4.54. The maximum Gasteiger partial charge on any atom is 0.255 e. The van der Waals surface area contributed by atoms with Crippen LogP contribution >= 0.6 is 0 Å². The number of amides is 3. The standard InChI is InChI=1S/C26H26N6O3/c1-2-31(15-17-7-4-3-5-8-17)26-27-14-13-22(29-26)28-20-10-6-9-18-19(20)16-32(25(18)35)21-11-12-23(33)30-24(21)34/h3-10,13-14,21H,2,11-12,15-16H2,1H3,(H,27,28,29)(H,30,33,34). The van der Waals surface area contributed by atoms with Crippen molar-refractivity contribution in [3.8, 4) is 0 Å². The SMILES string of the molecule is CCN(Cc1ccccc1)c1nccc(Nc2cccc3c2CN(C2CCC(=O)NC2=O)C3=O)n1. The molecule has 0 spiro atoms. The number of nitrogens with one attached hydrogen (secondary N) is 2. The molecule has 9 heteroatoms. The Labute approximate surface area is 203 Å². The molecule has 1 aromatic heterocycles. The summed E-state index contributed by atoms with van der Waals surface area (Å²) in [6, 6.07) is 16.8. The second kappa shape index (κ2) is 9.54. The van der Waals surface area contributed by atoms with Gasteiger partial charge in [0.2, 0.25) is 17.8 Å². The van der Waals surface area contributed by atoms with E-state index < -0.39 is 11.9 Å². The molecule has 178 valence electrons. The number of imide groups is 1. The second-order valence-electron chi connectivity index (χ2n) is 8.60. The van der Waals surface area contributed by atoms with Crippen LogP contribution in [0.1, 0.15) is 41.3 Å². The normalized spacial score (nSPS) is 17.2. The third-order valence-corrected chi connectivity index (χ3v) is 6.37. The summed E-state index contributed by atoms with van der Waals surface area (Å²) in [5.41, 5.74) is 3.28. The van der Waals surface area contributed by atoms with Gasteiger partial charge in [0.1, 0.15) is 11.9 Å². The van der Waals surface area contributed by atoms with Crippen LogP contribution in [0.4, 0.5) is 17.5 Å². The number of piperidine rings is 1. The van der Waals surface area contributed by atoms with Gasteiger partial charge in [-0.3, -0.25) is 19.7 Å². The number of carbonyl (C=O) groups is 3. The van der Waals surface area contributed by atoms with Crippen molar-refractivity contribution in [1.29, 1.82) is 0 Å². The molecule has 1 atom stereocenters. The van der Waals surface area contributed by atoms with Gasteiger partial charge in [-0.2, -0.15) is 4.98 Å². The Morgan fingerprint density at radius 3 is 2.69 bits per heavy atom. The predicted molar refractivity (Wildman–Crippen MR) is 131 cm³/mol. The first kappa shape index (κ1) is 22.5. The van der Waals surface area contributed by atoms with Crippen LogP contribution in [-0.2, 0) is 22.7 Å². The van der Waals surface area contributed by atoms with Gasteiger partial charge in [0.15, 0.2) is 0 Å². The lowest BCUT2D eigenvalue weighted by Gasteiger charge is -2.29. The van der Waals surface area contributed by atoms with Crippen LogP contribution < -0.4 is 15.5 Å². The second-order valence-corrected chi connectivity index (χ2v) is 8.60. The van der Waals surface area contributed by atoms with Gasteiger partial charge in [0.05, 0.1) is 0 Å². The number of fused-ring (bicyclic) bond motifs is 1. The number of benzene rings is 2. The zero-order chi connectivity index (χ0) is 24.4. The van der Waals surface area contributed by atoms with Crippen LogP contribution in [0.2, 0.25) is 0 Å². The first-order chi connectivity index (χ1) is 17.0. The summed E-state index contributed by atoms with van der Waals surface area (Å²) in [6.45, 7) is 3.79. The summed E-state index contributed by atoms with van der Waals surface area (Å²) in [6.07, 6.45) is 2.27. The fraction of sp³-hybridized carbons (Fsp3) is 0.269. The third-order valence-electron chi connectivity index (χ3n) is 6.37. The maximum atomic E-state index is 13.1. The molecule has 2 N–H and O–H groups in total. The highest BCUT2D eigenvalue weighted by Crippen LogP contribution is 2.33. The third kappa shape index (κ3) is 4.57. The van der Waals surface area contributed by atoms with Crippen LogP contribution in [0.25, 0.3) is 0 Å². The first-order valence-corrected chi connectivity index (χ1v) is 11.7. The molecular formula is C26H26N6O3. The fourth-order valence-electron chi connectivity index (χ4n) is 4.54. The molecule has 2 aliphatic rings. The molecular weight excluding hydrogens is 444 g/mol. The molecule has 3 heterocycles. The maximum absolute atomic E-state index is 13.1. The number of hydrogen-bond acceptors (Lipinski definition) is 7. The van der Waals surface area contributed by atoms with E-state index in [1.807, 2.05) is 30.3 Å². The van der Waals surface area contributed by atoms with Crippen LogP contribution in [0, 0.1) is 0 Å². The van der Waals surface area contributed by atoms with Crippen molar-refractivity contribution in [1.82, 2.24) is 20.2 Å². The quantitative estimate of drug-likeness (QED) is 0.511. The van der Waals surface area contributed by atoms with E-state index in [9.17, 15) is 14.4 Å². The minimum atomic E-state index is -0.651. The van der Waals surface area contributed by atoms with Crippen molar-refractivity contribution in [2.75, 3.05) is 16.8 Å². The molecule has 9 nitrogen and oxygen atoms in total. The van der Waals surface area contributed by atoms with Gasteiger partial charge in [-0.05, 0) is 37.1 Å². The van der Waals surface area contributed by atoms with E-state index in [1.165, 1.54) is 5.56 Å². The van der Waals surface area contributed by atoms with Crippen molar-refractivity contribution in [2.24, 2.45) is 0 Å². The van der Waals surface area contributed by atoms with Gasteiger partial charge in [0.25, 0.3) is 5.91 Å². The Kier molecular flexibility index (Phi) is 6.13. The lowest BCUT2D eigenvalue weighted by atomic mass is 10.0. The smallest absolute Gasteiger partial charge is 0.255 e. The molecule has 1 saturated heterocycles. The van der Waals surface area contributed by atoms with E-state index in [0.29, 0.717) is 30.3 Å². The number of carbonyl (C=O) groups excluding carboxylic acids is 3. The average molecular weight is 471 g/mol. The molecule has 0 aliphatic carbocycles. The van der Waals surface area contributed by atoms with E-state index in [0.717, 1.165) is 17.8 Å². The van der Waals surface area contributed by atoms with Crippen molar-refractivity contribution in [2.45, 2.75) is 38.9 Å². The Balaban J connectivity index is 1.36. The van der Waals surface area contributed by atoms with E-state index in [2.05, 4.69) is 39.6 Å². The van der Waals surface area contributed by atoms with Crippen LogP contribution in [0.5, 0.6) is 0 Å². The van der Waals surface area contributed by atoms with Gasteiger partial charge in [-0.15, -0.1) is 0 Å². The van der Waals surface area contributed by atoms with E-state index >= 15 is 0 Å². The van der Waals surface area contributed by atoms with E-state index in [-0.39, 0.29) is 24.8 Å². The highest BCUT2D eigenvalue weighted by Gasteiger charge is 2.39. The number of aromatic nitrogens is 2. The predicted octanol–water partition coefficient (Wildman–Crippen LogP) is 3.01. The van der Waals surface area contributed by atoms with Crippen LogP contribution in [0.15, 0.2) is 60.8 Å². The largest absolute Gasteiger partial charge is 0.340 e. The molecule has 2 aliphatic heterocycles. The van der Waals surface area contributed by atoms with E-state index in [4.69, 9.17) is 4.98 Å². The number of anilines is 3. The minimum Gasteiger partial charge on any atom is -0.340 e. The Hall–Kier alpha value is -4.27. The first-order valence-electron chi connectivity index (χ1n) is 11.7. The average Bonchev–Trinajstić information content (AvgIpc) is 3.20. The van der Waals surface area contributed by atoms with Crippen molar-refractivity contribution >= 4 is 35.2 Å². The van der Waals surface area contributed by atoms with Gasteiger partial charge in [-0.1, -0.05) is 36.4 Å². The van der Waals surface area contributed by atoms with Gasteiger partial charge in [0, 0.05) is 49.1 Å². The van der Waals surface area contributed by atoms with Crippen molar-refractivity contribution in [3.63, 3.8) is 0 Å². The summed E-state index contributed by atoms with van der Waals surface area (Å²) < 4.78 is 0. The molecule has 0 radical (unpaired) electrons. The van der Waals surface area contributed by atoms with Gasteiger partial charge < -0.3 is 15.1 Å². The molecule has 0 saturated carbocycles. The summed E-state index contributed by atoms with van der Waals surface area (Å²) in [5.74, 6) is 0.291. The Morgan fingerprint density at radius 1 is 1.09 bits per heavy atom. The number of hydrogen-bond donors (Lipinski definition) is 2. The highest BCUT2D eigenvalue weighted by molar-refractivity contribution is 6.06. The van der Waals surface area contributed by atoms with Crippen LogP contribution in [-0.4, -0.2) is 45.2 Å². The number of nitrogens with zero attached hydrogens (tertiary/aromatic N) is 4. The van der Waals surface area contributed by atoms with Gasteiger partial charge >= 0.3 is 0 Å². The molecule has 5 rings (SSSR count). The van der Waals surface area contributed by atoms with Crippen molar-refractivity contribution < 1.29 is 14.4 Å². The molecule has 3 aromatic rings. The van der Waals surface area contributed by atoms with Gasteiger partial charge in [-0.25, -0.2) is 4.98 Å². The molecule has 0 bridgehead atoms. The van der Waals surface area contributed by atoms with Crippen LogP contribution in [0.3, 0.4) is 0 Å². The summed E-state index contributed by atoms with van der Waals surface area (Å²) in [4.78, 5) is 49.8. The zero-order valence-corrected chi connectivity index (χ0v) is 19.4. The molecule has 2 aromatic carbocycles. The molecule has 3 amide bonds. The summed E-state index contributed by atoms with van der Waals surface area (Å²) >= 11 is 0. The van der Waals surface area contributed by atoms with E-state index in [1.54, 1.807) is 23.2 Å². The lowest BCUT2D eigenvalue weighted by Crippen LogP contribution is -2.52. The Bertz CT molecular complexity index is 1280. The molecule has 1 unspecified atom stereocenters. The number of rotatable bonds is 7. The highest BCUT2D eigenvalue weighted by atomic mass is 16.2. The molecule has 35 heavy (non-hydrogen) atoms. The monoisotopic (exact) mass is 470 g/mol. The summed E-state index contributed by atoms with van der Waals surface area (Å²) in [7, 11) is 0. The summed E-state index contributed by atoms with van der Waals surface area (Å²) in [5, 5.41) is 5.68. The van der Waals surface area contributed by atoms with Crippen molar-refractivity contribution in [3.05, 3.63) is 77.5 Å². The minimum absolute atomic E-state index is 0.207. The lowest BCUT2D eigenvalue weighted by molar-refractivity contribution is -0.136. The zero-order valence-electron chi connectivity index (χ0n) is 19.4. The molecule has 1 fully saturated rings. The topological polar surface area (TPSA) is 108 Å².